The van der Waals surface area contributed by atoms with Crippen LogP contribution in [0.25, 0.3) is 6.08 Å². The minimum atomic E-state index is -0.109. The number of benzene rings is 1. The van der Waals surface area contributed by atoms with Gasteiger partial charge in [0.15, 0.2) is 6.29 Å². The van der Waals surface area contributed by atoms with E-state index in [0.717, 1.165) is 24.2 Å². The molecule has 0 bridgehead atoms. The summed E-state index contributed by atoms with van der Waals surface area (Å²) in [6.45, 7) is 5.92. The normalized spacial score (nSPS) is 17.3. The smallest absolute Gasteiger partial charge is 0.200 e. The summed E-state index contributed by atoms with van der Waals surface area (Å²) in [4.78, 5) is 0. The van der Waals surface area contributed by atoms with Crippen LogP contribution in [-0.4, -0.2) is 12.4 Å². The van der Waals surface area contributed by atoms with Crippen LogP contribution in [0.3, 0.4) is 0 Å². The Hall–Kier alpha value is -1.28. The average Bonchev–Trinajstić information content (AvgIpc) is 2.93. The van der Waals surface area contributed by atoms with Crippen LogP contribution in [0, 0.1) is 0 Å². The number of hydrogen-bond donors (Lipinski definition) is 0. The molecule has 1 saturated carbocycles. The molecule has 0 aliphatic heterocycles. The van der Waals surface area contributed by atoms with Crippen molar-refractivity contribution in [1.29, 1.82) is 0 Å². The number of rotatable bonds is 7. The first-order valence-corrected chi connectivity index (χ1v) is 7.36. The average molecular weight is 260 g/mol. The third-order valence-corrected chi connectivity index (χ3v) is 3.55. The minimum Gasteiger partial charge on any atom is -0.465 e. The molecule has 1 aliphatic carbocycles. The van der Waals surface area contributed by atoms with E-state index in [0.29, 0.717) is 6.10 Å². The molecule has 2 nitrogen and oxygen atoms in total. The molecule has 1 aromatic carbocycles. The Morgan fingerprint density at radius 1 is 1.26 bits per heavy atom. The fraction of sp³-hybridized carbons (Fsp3) is 0.529. The maximum atomic E-state index is 6.07. The summed E-state index contributed by atoms with van der Waals surface area (Å²) in [6.07, 6.45) is 9.07. The van der Waals surface area contributed by atoms with Crippen molar-refractivity contribution < 1.29 is 9.47 Å². The number of ether oxygens (including phenoxy) is 2. The number of hydrogen-bond acceptors (Lipinski definition) is 2. The highest BCUT2D eigenvalue weighted by Gasteiger charge is 2.21. The van der Waals surface area contributed by atoms with E-state index in [9.17, 15) is 0 Å². The zero-order chi connectivity index (χ0) is 13.5. The summed E-state index contributed by atoms with van der Waals surface area (Å²) in [5.41, 5.74) is 1.11. The molecule has 1 aromatic rings. The van der Waals surface area contributed by atoms with E-state index in [1.54, 1.807) is 0 Å². The molecule has 0 amide bonds. The molecule has 104 valence electrons. The van der Waals surface area contributed by atoms with Gasteiger partial charge in [0.2, 0.25) is 0 Å². The summed E-state index contributed by atoms with van der Waals surface area (Å²) in [5, 5.41) is 0. The molecule has 1 atom stereocenters. The Morgan fingerprint density at radius 3 is 2.53 bits per heavy atom. The molecular weight excluding hydrogens is 236 g/mol. The van der Waals surface area contributed by atoms with Crippen molar-refractivity contribution in [1.82, 2.24) is 0 Å². The molecule has 0 saturated heterocycles. The van der Waals surface area contributed by atoms with Gasteiger partial charge in [-0.2, -0.15) is 0 Å². The van der Waals surface area contributed by atoms with Gasteiger partial charge >= 0.3 is 0 Å². The monoisotopic (exact) mass is 260 g/mol. The lowest BCUT2D eigenvalue weighted by Gasteiger charge is -2.22. The lowest BCUT2D eigenvalue weighted by atomic mass is 10.2. The summed E-state index contributed by atoms with van der Waals surface area (Å²) in [7, 11) is 0. The first-order valence-electron chi connectivity index (χ1n) is 7.36. The second kappa shape index (κ2) is 7.34. The van der Waals surface area contributed by atoms with Crippen LogP contribution in [0.5, 0.6) is 5.75 Å². The van der Waals surface area contributed by atoms with Crippen molar-refractivity contribution in [2.45, 2.75) is 57.8 Å². The topological polar surface area (TPSA) is 18.5 Å². The van der Waals surface area contributed by atoms with Gasteiger partial charge in [-0.05, 0) is 30.5 Å². The summed E-state index contributed by atoms with van der Waals surface area (Å²) in [6, 6.07) is 8.00. The lowest BCUT2D eigenvalue weighted by molar-refractivity contribution is -0.120. The second-order valence-corrected chi connectivity index (χ2v) is 5.15. The van der Waals surface area contributed by atoms with Crippen molar-refractivity contribution in [3.63, 3.8) is 0 Å². The van der Waals surface area contributed by atoms with E-state index < -0.39 is 0 Å². The van der Waals surface area contributed by atoms with Crippen molar-refractivity contribution in [3.05, 3.63) is 36.4 Å². The Kier molecular flexibility index (Phi) is 5.46. The van der Waals surface area contributed by atoms with Crippen LogP contribution >= 0.6 is 0 Å². The standard InChI is InChI=1S/C17H24O2/c1-3-7-17(18-15-8-5-6-9-15)19-16-12-10-14(4-2)11-13-16/h4,10-13,15,17H,2-3,5-9H2,1H3. The minimum absolute atomic E-state index is 0.109. The Bertz CT molecular complexity index is 377. The van der Waals surface area contributed by atoms with Crippen LogP contribution in [0.2, 0.25) is 0 Å². The third-order valence-electron chi connectivity index (χ3n) is 3.55. The maximum Gasteiger partial charge on any atom is 0.200 e. The van der Waals surface area contributed by atoms with Gasteiger partial charge in [0.05, 0.1) is 6.10 Å². The largest absolute Gasteiger partial charge is 0.465 e. The molecule has 0 radical (unpaired) electrons. The lowest BCUT2D eigenvalue weighted by Crippen LogP contribution is -2.25. The molecule has 2 heteroatoms. The molecule has 2 rings (SSSR count). The molecular formula is C17H24O2. The predicted molar refractivity (Wildman–Crippen MR) is 79.2 cm³/mol. The zero-order valence-corrected chi connectivity index (χ0v) is 11.8. The van der Waals surface area contributed by atoms with Gasteiger partial charge in [-0.1, -0.05) is 51.0 Å². The maximum absolute atomic E-state index is 6.07. The fourth-order valence-electron chi connectivity index (χ4n) is 2.46. The molecule has 0 aromatic heterocycles. The van der Waals surface area contributed by atoms with Gasteiger partial charge in [0.1, 0.15) is 5.75 Å². The van der Waals surface area contributed by atoms with E-state index in [1.165, 1.54) is 25.7 Å². The van der Waals surface area contributed by atoms with Crippen molar-refractivity contribution in [2.24, 2.45) is 0 Å². The highest BCUT2D eigenvalue weighted by molar-refractivity contribution is 5.48. The van der Waals surface area contributed by atoms with Gasteiger partial charge in [-0.3, -0.25) is 0 Å². The second-order valence-electron chi connectivity index (χ2n) is 5.15. The molecule has 1 unspecified atom stereocenters. The van der Waals surface area contributed by atoms with Crippen LogP contribution in [0.4, 0.5) is 0 Å². The van der Waals surface area contributed by atoms with Gasteiger partial charge in [-0.15, -0.1) is 0 Å². The molecule has 0 N–H and O–H groups in total. The molecule has 19 heavy (non-hydrogen) atoms. The van der Waals surface area contributed by atoms with Crippen LogP contribution in [-0.2, 0) is 4.74 Å². The van der Waals surface area contributed by atoms with Gasteiger partial charge in [-0.25, -0.2) is 0 Å². The van der Waals surface area contributed by atoms with Crippen LogP contribution < -0.4 is 4.74 Å². The molecule has 1 fully saturated rings. The first kappa shape index (κ1) is 14.1. The van der Waals surface area contributed by atoms with E-state index in [1.807, 2.05) is 30.3 Å². The summed E-state index contributed by atoms with van der Waals surface area (Å²) >= 11 is 0. The predicted octanol–water partition coefficient (Wildman–Crippen LogP) is 4.79. The van der Waals surface area contributed by atoms with E-state index in [2.05, 4.69) is 13.5 Å². The quantitative estimate of drug-likeness (QED) is 0.656. The van der Waals surface area contributed by atoms with Crippen LogP contribution in [0.15, 0.2) is 30.8 Å². The molecule has 1 aliphatic rings. The fourth-order valence-corrected chi connectivity index (χ4v) is 2.46. The van der Waals surface area contributed by atoms with Gasteiger partial charge < -0.3 is 9.47 Å². The summed E-state index contributed by atoms with van der Waals surface area (Å²) < 4.78 is 12.0. The SMILES string of the molecule is C=Cc1ccc(OC(CCC)OC2CCCC2)cc1. The summed E-state index contributed by atoms with van der Waals surface area (Å²) in [5.74, 6) is 0.877. The highest BCUT2D eigenvalue weighted by Crippen LogP contribution is 2.25. The van der Waals surface area contributed by atoms with Crippen molar-refractivity contribution in [2.75, 3.05) is 0 Å². The third kappa shape index (κ3) is 4.39. The van der Waals surface area contributed by atoms with E-state index >= 15 is 0 Å². The molecule has 0 spiro atoms. The van der Waals surface area contributed by atoms with Crippen LogP contribution in [0.1, 0.15) is 51.0 Å². The molecule has 0 heterocycles. The Morgan fingerprint density at radius 2 is 1.95 bits per heavy atom. The van der Waals surface area contributed by atoms with Gasteiger partial charge in [0, 0.05) is 6.42 Å². The van der Waals surface area contributed by atoms with Crippen molar-refractivity contribution in [3.8, 4) is 5.75 Å². The van der Waals surface area contributed by atoms with Gasteiger partial charge in [0.25, 0.3) is 0 Å². The van der Waals surface area contributed by atoms with E-state index in [4.69, 9.17) is 9.47 Å². The zero-order valence-electron chi connectivity index (χ0n) is 11.8. The highest BCUT2D eigenvalue weighted by atomic mass is 16.7. The van der Waals surface area contributed by atoms with Crippen molar-refractivity contribution >= 4 is 6.08 Å². The Balaban J connectivity index is 1.92. The Labute approximate surface area is 116 Å². The first-order chi connectivity index (χ1) is 9.31. The van der Waals surface area contributed by atoms with E-state index in [-0.39, 0.29) is 6.29 Å².